The molecule has 0 amide bonds. The fourth-order valence-corrected chi connectivity index (χ4v) is 3.70. The van der Waals surface area contributed by atoms with E-state index < -0.39 is 0 Å². The molecule has 0 aliphatic carbocycles. The highest BCUT2D eigenvalue weighted by molar-refractivity contribution is 7.15. The van der Waals surface area contributed by atoms with E-state index >= 15 is 0 Å². The second-order valence-electron chi connectivity index (χ2n) is 6.02. The molecule has 0 atom stereocenters. The zero-order chi connectivity index (χ0) is 15.6. The number of rotatable bonds is 4. The van der Waals surface area contributed by atoms with Gasteiger partial charge in [0.2, 0.25) is 0 Å². The second kappa shape index (κ2) is 6.05. The lowest BCUT2D eigenvalue weighted by atomic mass is 9.87. The van der Waals surface area contributed by atoms with Crippen molar-refractivity contribution in [2.75, 3.05) is 0 Å². The maximum absolute atomic E-state index is 4.83. The van der Waals surface area contributed by atoms with E-state index in [0.717, 1.165) is 17.8 Å². The Labute approximate surface area is 136 Å². The van der Waals surface area contributed by atoms with Gasteiger partial charge in [-0.05, 0) is 50.1 Å². The van der Waals surface area contributed by atoms with Crippen molar-refractivity contribution in [3.05, 3.63) is 76.9 Å². The molecule has 0 fully saturated rings. The summed E-state index contributed by atoms with van der Waals surface area (Å²) in [6.07, 6.45) is 0.976. The summed E-state index contributed by atoms with van der Waals surface area (Å²) in [6, 6.07) is 21.4. The molecule has 1 nitrogen and oxygen atoms in total. The molecule has 2 heterocycles. The minimum atomic E-state index is -0.0666. The fraction of sp³-hybridized carbons (Fsp3) is 0.250. The third-order valence-electron chi connectivity index (χ3n) is 4.09. The van der Waals surface area contributed by atoms with E-state index in [4.69, 9.17) is 4.98 Å². The van der Waals surface area contributed by atoms with E-state index in [0.29, 0.717) is 0 Å². The van der Waals surface area contributed by atoms with Gasteiger partial charge >= 0.3 is 0 Å². The summed E-state index contributed by atoms with van der Waals surface area (Å²) in [6.45, 7) is 6.67. The van der Waals surface area contributed by atoms with Crippen LogP contribution in [0.1, 0.15) is 37.0 Å². The van der Waals surface area contributed by atoms with Gasteiger partial charge in [0.25, 0.3) is 0 Å². The first-order chi connectivity index (χ1) is 10.6. The number of thiophene rings is 1. The smallest absolute Gasteiger partial charge is 0.0515 e. The first-order valence-corrected chi connectivity index (χ1v) is 8.55. The Balaban J connectivity index is 1.97. The van der Waals surface area contributed by atoms with Crippen LogP contribution in [0.15, 0.2) is 60.7 Å². The second-order valence-corrected chi connectivity index (χ2v) is 7.11. The molecule has 0 aliphatic rings. The molecule has 0 saturated heterocycles. The lowest BCUT2D eigenvalue weighted by Crippen LogP contribution is -2.19. The third-order valence-corrected chi connectivity index (χ3v) is 5.55. The van der Waals surface area contributed by atoms with Crippen molar-refractivity contribution in [3.63, 3.8) is 0 Å². The molecule has 0 saturated carbocycles. The molecular formula is C20H21NS. The maximum atomic E-state index is 4.83. The summed E-state index contributed by atoms with van der Waals surface area (Å²) in [5, 5.41) is 0. The molecule has 22 heavy (non-hydrogen) atoms. The Bertz CT molecular complexity index is 756. The highest BCUT2D eigenvalue weighted by Crippen LogP contribution is 2.38. The van der Waals surface area contributed by atoms with Crippen molar-refractivity contribution in [1.82, 2.24) is 4.98 Å². The summed E-state index contributed by atoms with van der Waals surface area (Å²) in [5.41, 5.74) is 3.52. The summed E-state index contributed by atoms with van der Waals surface area (Å²) in [4.78, 5) is 7.50. The van der Waals surface area contributed by atoms with Gasteiger partial charge in [-0.2, -0.15) is 0 Å². The monoisotopic (exact) mass is 307 g/mol. The predicted octanol–water partition coefficient (Wildman–Crippen LogP) is 5.70. The molecule has 0 N–H and O–H groups in total. The Hall–Kier alpha value is -1.93. The third kappa shape index (κ3) is 2.84. The standard InChI is InChI=1S/C20H21NS/c1-4-16-11-8-12-18(21-16)20(2,3)19-14-13-17(22-19)15-9-6-5-7-10-15/h5-14H,4H2,1-3H3. The summed E-state index contributed by atoms with van der Waals surface area (Å²) in [7, 11) is 0. The predicted molar refractivity (Wildman–Crippen MR) is 95.5 cm³/mol. The number of hydrogen-bond donors (Lipinski definition) is 0. The van der Waals surface area contributed by atoms with Crippen LogP contribution in [0.25, 0.3) is 10.4 Å². The van der Waals surface area contributed by atoms with Gasteiger partial charge in [0, 0.05) is 20.9 Å². The molecule has 0 unspecified atom stereocenters. The van der Waals surface area contributed by atoms with Crippen molar-refractivity contribution in [2.45, 2.75) is 32.6 Å². The van der Waals surface area contributed by atoms with Crippen LogP contribution >= 0.6 is 11.3 Å². The number of pyridine rings is 1. The Morgan fingerprint density at radius 2 is 1.68 bits per heavy atom. The van der Waals surface area contributed by atoms with Crippen LogP contribution in [0.4, 0.5) is 0 Å². The molecule has 3 aromatic rings. The van der Waals surface area contributed by atoms with Crippen LogP contribution in [0, 0.1) is 0 Å². The van der Waals surface area contributed by atoms with Crippen LogP contribution in [-0.4, -0.2) is 4.98 Å². The molecule has 0 radical (unpaired) electrons. The molecule has 1 aromatic carbocycles. The lowest BCUT2D eigenvalue weighted by molar-refractivity contribution is 0.626. The van der Waals surface area contributed by atoms with Gasteiger partial charge in [-0.15, -0.1) is 11.3 Å². The van der Waals surface area contributed by atoms with Gasteiger partial charge in [0.1, 0.15) is 0 Å². The Kier molecular flexibility index (Phi) is 4.12. The average Bonchev–Trinajstić information content (AvgIpc) is 3.06. The summed E-state index contributed by atoms with van der Waals surface area (Å²) >= 11 is 1.86. The van der Waals surface area contributed by atoms with E-state index in [1.807, 2.05) is 11.3 Å². The highest BCUT2D eigenvalue weighted by Gasteiger charge is 2.26. The van der Waals surface area contributed by atoms with Gasteiger partial charge in [-0.3, -0.25) is 4.98 Å². The van der Waals surface area contributed by atoms with E-state index in [1.165, 1.54) is 15.3 Å². The van der Waals surface area contributed by atoms with Gasteiger partial charge in [-0.1, -0.05) is 43.3 Å². The molecule has 112 valence electrons. The number of hydrogen-bond acceptors (Lipinski definition) is 2. The first kappa shape index (κ1) is 15.0. The zero-order valence-corrected chi connectivity index (χ0v) is 14.2. The normalized spacial score (nSPS) is 11.6. The molecule has 3 rings (SSSR count). The minimum Gasteiger partial charge on any atom is -0.257 e. The van der Waals surface area contributed by atoms with E-state index in [-0.39, 0.29) is 5.41 Å². The van der Waals surface area contributed by atoms with Crippen molar-refractivity contribution < 1.29 is 0 Å². The number of aryl methyl sites for hydroxylation is 1. The summed E-state index contributed by atoms with van der Waals surface area (Å²) in [5.74, 6) is 0. The summed E-state index contributed by atoms with van der Waals surface area (Å²) < 4.78 is 0. The van der Waals surface area contributed by atoms with Gasteiger partial charge in [0.15, 0.2) is 0 Å². The van der Waals surface area contributed by atoms with Crippen molar-refractivity contribution in [2.24, 2.45) is 0 Å². The van der Waals surface area contributed by atoms with E-state index in [1.54, 1.807) is 0 Å². The van der Waals surface area contributed by atoms with Crippen molar-refractivity contribution in [1.29, 1.82) is 0 Å². The first-order valence-electron chi connectivity index (χ1n) is 7.73. The van der Waals surface area contributed by atoms with E-state index in [2.05, 4.69) is 81.4 Å². The Morgan fingerprint density at radius 1 is 0.909 bits per heavy atom. The van der Waals surface area contributed by atoms with Gasteiger partial charge < -0.3 is 0 Å². The average molecular weight is 307 g/mol. The van der Waals surface area contributed by atoms with Crippen molar-refractivity contribution >= 4 is 11.3 Å². The molecule has 0 aliphatic heterocycles. The number of benzene rings is 1. The molecule has 2 heteroatoms. The van der Waals surface area contributed by atoms with Gasteiger partial charge in [0.05, 0.1) is 5.69 Å². The van der Waals surface area contributed by atoms with Crippen LogP contribution in [0.5, 0.6) is 0 Å². The highest BCUT2D eigenvalue weighted by atomic mass is 32.1. The molecular weight excluding hydrogens is 286 g/mol. The van der Waals surface area contributed by atoms with Crippen LogP contribution in [-0.2, 0) is 11.8 Å². The fourth-order valence-electron chi connectivity index (χ4n) is 2.58. The maximum Gasteiger partial charge on any atom is 0.0515 e. The van der Waals surface area contributed by atoms with Crippen LogP contribution in [0.2, 0.25) is 0 Å². The molecule has 0 spiro atoms. The largest absolute Gasteiger partial charge is 0.257 e. The van der Waals surface area contributed by atoms with Crippen LogP contribution < -0.4 is 0 Å². The SMILES string of the molecule is CCc1cccc(C(C)(C)c2ccc(-c3ccccc3)s2)n1. The zero-order valence-electron chi connectivity index (χ0n) is 13.3. The molecule has 0 bridgehead atoms. The van der Waals surface area contributed by atoms with E-state index in [9.17, 15) is 0 Å². The minimum absolute atomic E-state index is 0.0666. The van der Waals surface area contributed by atoms with Crippen molar-refractivity contribution in [3.8, 4) is 10.4 Å². The Morgan fingerprint density at radius 3 is 2.41 bits per heavy atom. The number of aromatic nitrogens is 1. The number of nitrogens with zero attached hydrogens (tertiary/aromatic N) is 1. The lowest BCUT2D eigenvalue weighted by Gasteiger charge is -2.23. The topological polar surface area (TPSA) is 12.9 Å². The van der Waals surface area contributed by atoms with Crippen LogP contribution in [0.3, 0.4) is 0 Å². The quantitative estimate of drug-likeness (QED) is 0.602. The molecule has 2 aromatic heterocycles. The van der Waals surface area contributed by atoms with Gasteiger partial charge in [-0.25, -0.2) is 0 Å².